The molecule has 0 aliphatic carbocycles. The maximum atomic E-state index is 10.7. The molecule has 1 aromatic rings. The third kappa shape index (κ3) is 2.46. The zero-order valence-electron chi connectivity index (χ0n) is 8.59. The van der Waals surface area contributed by atoms with Gasteiger partial charge in [0.15, 0.2) is 0 Å². The van der Waals surface area contributed by atoms with Gasteiger partial charge in [-0.15, -0.1) is 12.4 Å². The van der Waals surface area contributed by atoms with Crippen LogP contribution in [0.25, 0.3) is 0 Å². The number of para-hydroxylation sites is 1. The summed E-state index contributed by atoms with van der Waals surface area (Å²) in [6, 6.07) is 6.48. The molecule has 5 heteroatoms. The molecule has 3 N–H and O–H groups in total. The molecule has 88 valence electrons. The average molecular weight is 244 g/mol. The highest BCUT2D eigenvalue weighted by molar-refractivity contribution is 5.85. The lowest BCUT2D eigenvalue weighted by molar-refractivity contribution is -0.139. The van der Waals surface area contributed by atoms with Crippen LogP contribution in [0.2, 0.25) is 0 Å². The van der Waals surface area contributed by atoms with E-state index in [4.69, 9.17) is 5.11 Å². The number of nitrogens with one attached hydrogen (secondary N) is 1. The number of hydrogen-bond acceptors (Lipinski definition) is 3. The number of carboxylic acid groups (broad SMARTS) is 1. The van der Waals surface area contributed by atoms with Gasteiger partial charge >= 0.3 is 5.97 Å². The summed E-state index contributed by atoms with van der Waals surface area (Å²) in [5.74, 6) is -0.603. The van der Waals surface area contributed by atoms with Crippen LogP contribution in [0, 0.1) is 0 Å². The molecule has 0 amide bonds. The second-order valence-corrected chi connectivity index (χ2v) is 3.75. The fourth-order valence-electron chi connectivity index (χ4n) is 1.97. The van der Waals surface area contributed by atoms with Crippen molar-refractivity contribution < 1.29 is 15.0 Å². The van der Waals surface area contributed by atoms with Crippen LogP contribution < -0.4 is 5.32 Å². The maximum Gasteiger partial charge on any atom is 0.320 e. The van der Waals surface area contributed by atoms with Crippen LogP contribution in [0.3, 0.4) is 0 Å². The van der Waals surface area contributed by atoms with Crippen molar-refractivity contribution in [3.05, 3.63) is 29.8 Å². The second kappa shape index (κ2) is 5.18. The summed E-state index contributed by atoms with van der Waals surface area (Å²) in [4.78, 5) is 10.7. The Morgan fingerprint density at radius 1 is 1.31 bits per heavy atom. The van der Waals surface area contributed by atoms with Crippen LogP contribution in [-0.2, 0) is 4.79 Å². The summed E-state index contributed by atoms with van der Waals surface area (Å²) < 4.78 is 0. The molecule has 16 heavy (non-hydrogen) atoms. The van der Waals surface area contributed by atoms with Gasteiger partial charge in [0.25, 0.3) is 0 Å². The lowest BCUT2D eigenvalue weighted by Crippen LogP contribution is -2.31. The van der Waals surface area contributed by atoms with Gasteiger partial charge in [-0.2, -0.15) is 0 Å². The molecule has 2 rings (SSSR count). The van der Waals surface area contributed by atoms with Gasteiger partial charge in [-0.3, -0.25) is 10.1 Å². The zero-order chi connectivity index (χ0) is 10.8. The van der Waals surface area contributed by atoms with E-state index < -0.39 is 12.0 Å². The summed E-state index contributed by atoms with van der Waals surface area (Å²) in [6.07, 6.45) is 1.35. The van der Waals surface area contributed by atoms with Gasteiger partial charge < -0.3 is 10.2 Å². The molecule has 1 heterocycles. The number of rotatable bonds is 2. The maximum absolute atomic E-state index is 10.7. The summed E-state index contributed by atoms with van der Waals surface area (Å²) in [5.41, 5.74) is 0.779. The molecule has 1 aliphatic heterocycles. The predicted molar refractivity (Wildman–Crippen MR) is 61.9 cm³/mol. The fourth-order valence-corrected chi connectivity index (χ4v) is 1.97. The summed E-state index contributed by atoms with van der Waals surface area (Å²) in [5, 5.41) is 21.4. The zero-order valence-corrected chi connectivity index (χ0v) is 9.41. The van der Waals surface area contributed by atoms with Gasteiger partial charge in [0.1, 0.15) is 11.8 Å². The molecule has 1 saturated heterocycles. The smallest absolute Gasteiger partial charge is 0.320 e. The second-order valence-electron chi connectivity index (χ2n) is 3.75. The van der Waals surface area contributed by atoms with Gasteiger partial charge in [0.2, 0.25) is 0 Å². The van der Waals surface area contributed by atoms with Crippen molar-refractivity contribution in [3.8, 4) is 5.75 Å². The number of halogens is 1. The number of carbonyl (C=O) groups is 1. The first-order valence-electron chi connectivity index (χ1n) is 4.95. The van der Waals surface area contributed by atoms with Gasteiger partial charge in [0, 0.05) is 11.6 Å². The van der Waals surface area contributed by atoms with E-state index >= 15 is 0 Å². The number of phenolic OH excluding ortho intramolecular Hbond substituents is 1. The summed E-state index contributed by atoms with van der Waals surface area (Å²) in [7, 11) is 0. The van der Waals surface area contributed by atoms with E-state index in [0.717, 1.165) is 12.0 Å². The van der Waals surface area contributed by atoms with Crippen LogP contribution in [0.15, 0.2) is 24.3 Å². The Morgan fingerprint density at radius 2 is 2.00 bits per heavy atom. The number of benzene rings is 1. The van der Waals surface area contributed by atoms with Crippen molar-refractivity contribution >= 4 is 18.4 Å². The van der Waals surface area contributed by atoms with E-state index in [1.807, 2.05) is 12.1 Å². The third-order valence-electron chi connectivity index (χ3n) is 2.76. The van der Waals surface area contributed by atoms with E-state index in [-0.39, 0.29) is 24.2 Å². The monoisotopic (exact) mass is 243 g/mol. The van der Waals surface area contributed by atoms with Gasteiger partial charge in [-0.25, -0.2) is 0 Å². The number of carboxylic acids is 1. The fraction of sp³-hybridized carbons (Fsp3) is 0.364. The average Bonchev–Trinajstić information content (AvgIpc) is 2.67. The van der Waals surface area contributed by atoms with Crippen LogP contribution in [0.4, 0.5) is 0 Å². The van der Waals surface area contributed by atoms with Gasteiger partial charge in [-0.05, 0) is 18.9 Å². The lowest BCUT2D eigenvalue weighted by atomic mass is 10.0. The van der Waals surface area contributed by atoms with Crippen molar-refractivity contribution in [2.75, 3.05) is 0 Å². The molecule has 1 aliphatic rings. The Morgan fingerprint density at radius 3 is 2.56 bits per heavy atom. The topological polar surface area (TPSA) is 69.6 Å². The highest BCUT2D eigenvalue weighted by Gasteiger charge is 2.30. The van der Waals surface area contributed by atoms with Crippen molar-refractivity contribution in [1.82, 2.24) is 5.32 Å². The Bertz CT molecular complexity index is 383. The largest absolute Gasteiger partial charge is 0.508 e. The van der Waals surface area contributed by atoms with E-state index in [9.17, 15) is 9.90 Å². The van der Waals surface area contributed by atoms with E-state index in [2.05, 4.69) is 5.32 Å². The summed E-state index contributed by atoms with van der Waals surface area (Å²) >= 11 is 0. The molecule has 1 aromatic carbocycles. The molecule has 4 nitrogen and oxygen atoms in total. The molecule has 2 atom stereocenters. The predicted octanol–water partition coefficient (Wildman–Crippen LogP) is 1.69. The van der Waals surface area contributed by atoms with Crippen LogP contribution >= 0.6 is 12.4 Å². The standard InChI is InChI=1S/C11H13NO3.ClH/c13-10-4-2-1-3-7(10)8-5-6-9(12-8)11(14)15;/h1-4,8-9,12-13H,5-6H2,(H,14,15);1H. The van der Waals surface area contributed by atoms with Crippen LogP contribution in [-0.4, -0.2) is 22.2 Å². The van der Waals surface area contributed by atoms with Crippen molar-refractivity contribution in [2.45, 2.75) is 24.9 Å². The van der Waals surface area contributed by atoms with Crippen molar-refractivity contribution in [2.24, 2.45) is 0 Å². The van der Waals surface area contributed by atoms with E-state index in [0.29, 0.717) is 6.42 Å². The quantitative estimate of drug-likeness (QED) is 0.739. The van der Waals surface area contributed by atoms with E-state index in [1.165, 1.54) is 0 Å². The third-order valence-corrected chi connectivity index (χ3v) is 2.76. The number of phenols is 1. The molecular formula is C11H14ClNO3. The first-order chi connectivity index (χ1) is 7.18. The minimum absolute atomic E-state index is 0. The first-order valence-corrected chi connectivity index (χ1v) is 4.95. The first kappa shape index (κ1) is 12.8. The molecule has 1 fully saturated rings. The Hall–Kier alpha value is -1.26. The number of aromatic hydroxyl groups is 1. The normalized spacial score (nSPS) is 23.8. The molecule has 0 spiro atoms. The minimum atomic E-state index is -0.826. The van der Waals surface area contributed by atoms with Crippen molar-refractivity contribution in [3.63, 3.8) is 0 Å². The molecule has 0 saturated carbocycles. The number of aliphatic carboxylic acids is 1. The Labute approximate surface area is 99.7 Å². The summed E-state index contributed by atoms with van der Waals surface area (Å²) in [6.45, 7) is 0. The molecule has 0 radical (unpaired) electrons. The lowest BCUT2D eigenvalue weighted by Gasteiger charge is -2.13. The Balaban J connectivity index is 0.00000128. The highest BCUT2D eigenvalue weighted by atomic mass is 35.5. The van der Waals surface area contributed by atoms with Crippen LogP contribution in [0.1, 0.15) is 24.4 Å². The Kier molecular flexibility index (Phi) is 4.15. The molecule has 2 unspecified atom stereocenters. The minimum Gasteiger partial charge on any atom is -0.508 e. The molecule has 0 aromatic heterocycles. The van der Waals surface area contributed by atoms with Crippen molar-refractivity contribution in [1.29, 1.82) is 0 Å². The van der Waals surface area contributed by atoms with Crippen LogP contribution in [0.5, 0.6) is 5.75 Å². The van der Waals surface area contributed by atoms with Gasteiger partial charge in [0.05, 0.1) is 0 Å². The molecular weight excluding hydrogens is 230 g/mol. The number of hydrogen-bond donors (Lipinski definition) is 3. The highest BCUT2D eigenvalue weighted by Crippen LogP contribution is 2.31. The van der Waals surface area contributed by atoms with Gasteiger partial charge in [-0.1, -0.05) is 18.2 Å². The molecule has 0 bridgehead atoms. The van der Waals surface area contributed by atoms with E-state index in [1.54, 1.807) is 12.1 Å². The SMILES string of the molecule is Cl.O=C(O)C1CCC(c2ccccc2O)N1.